The van der Waals surface area contributed by atoms with Crippen LogP contribution < -0.4 is 9.80 Å². The molecule has 0 aromatic heterocycles. The number of esters is 2. The van der Waals surface area contributed by atoms with Crippen molar-refractivity contribution in [3.63, 3.8) is 0 Å². The molecule has 186 valence electrons. The van der Waals surface area contributed by atoms with Crippen molar-refractivity contribution >= 4 is 35.1 Å². The zero-order valence-electron chi connectivity index (χ0n) is 19.6. The van der Waals surface area contributed by atoms with Gasteiger partial charge in [0.15, 0.2) is 0 Å². The molecule has 0 bridgehead atoms. The molecule has 0 spiro atoms. The average molecular weight is 486 g/mol. The molecule has 0 aliphatic carbocycles. The molecule has 35 heavy (non-hydrogen) atoms. The van der Waals surface area contributed by atoms with E-state index in [-0.39, 0.29) is 35.3 Å². The van der Waals surface area contributed by atoms with E-state index in [1.807, 2.05) is 4.90 Å². The summed E-state index contributed by atoms with van der Waals surface area (Å²) in [5, 5.41) is 11.9. The van der Waals surface area contributed by atoms with Crippen LogP contribution in [-0.2, 0) is 23.8 Å². The summed E-state index contributed by atoms with van der Waals surface area (Å²) >= 11 is 0. The number of carbonyl (C=O) groups excluding carboxylic acids is 3. The van der Waals surface area contributed by atoms with Gasteiger partial charge < -0.3 is 28.9 Å². The summed E-state index contributed by atoms with van der Waals surface area (Å²) in [6.45, 7) is 3.80. The summed E-state index contributed by atoms with van der Waals surface area (Å²) in [6, 6.07) is 4.50. The fourth-order valence-corrected chi connectivity index (χ4v) is 3.77. The lowest BCUT2D eigenvalue weighted by Gasteiger charge is -2.35. The van der Waals surface area contributed by atoms with Gasteiger partial charge in [-0.3, -0.25) is 10.1 Å². The van der Waals surface area contributed by atoms with Gasteiger partial charge in [0.05, 0.1) is 31.3 Å². The number of carbonyl (C=O) groups is 3. The molecule has 1 aromatic rings. The number of ether oxygens (including phenoxy) is 3. The Balaban J connectivity index is 2.04. The summed E-state index contributed by atoms with van der Waals surface area (Å²) < 4.78 is 14.7. The Labute approximate surface area is 201 Å². The van der Waals surface area contributed by atoms with Gasteiger partial charge in [-0.2, -0.15) is 0 Å². The minimum Gasteiger partial charge on any atom is -0.465 e. The maximum Gasteiger partial charge on any atom is 0.409 e. The lowest BCUT2D eigenvalue weighted by Crippen LogP contribution is -2.49. The second-order valence-electron chi connectivity index (χ2n) is 7.42. The van der Waals surface area contributed by atoms with Crippen molar-refractivity contribution in [2.75, 3.05) is 56.8 Å². The second kappa shape index (κ2) is 11.2. The molecule has 3 rings (SSSR count). The quantitative estimate of drug-likeness (QED) is 0.255. The number of anilines is 2. The molecule has 1 saturated heterocycles. The van der Waals surface area contributed by atoms with Gasteiger partial charge in [-0.25, -0.2) is 14.4 Å². The first-order valence-corrected chi connectivity index (χ1v) is 10.8. The number of nitrogens with zero attached hydrogens (tertiary/aromatic N) is 4. The fourth-order valence-electron chi connectivity index (χ4n) is 3.77. The molecule has 1 amide bonds. The second-order valence-corrected chi connectivity index (χ2v) is 7.42. The maximum absolute atomic E-state index is 12.7. The third-order valence-electron chi connectivity index (χ3n) is 5.48. The third kappa shape index (κ3) is 5.42. The molecule has 12 heteroatoms. The third-order valence-corrected chi connectivity index (χ3v) is 5.48. The van der Waals surface area contributed by atoms with Crippen LogP contribution in [0.1, 0.15) is 6.92 Å². The van der Waals surface area contributed by atoms with Crippen LogP contribution in [-0.4, -0.2) is 74.9 Å². The van der Waals surface area contributed by atoms with Gasteiger partial charge in [-0.15, -0.1) is 0 Å². The normalized spacial score (nSPS) is 15.6. The van der Waals surface area contributed by atoms with Gasteiger partial charge in [-0.1, -0.05) is 6.08 Å². The summed E-state index contributed by atoms with van der Waals surface area (Å²) in [7, 11) is 2.31. The van der Waals surface area contributed by atoms with Gasteiger partial charge in [0, 0.05) is 44.1 Å². The van der Waals surface area contributed by atoms with Gasteiger partial charge in [0.25, 0.3) is 5.69 Å². The van der Waals surface area contributed by atoms with Gasteiger partial charge in [0.2, 0.25) is 0 Å². The number of hydrogen-bond donors (Lipinski definition) is 0. The van der Waals surface area contributed by atoms with E-state index >= 15 is 0 Å². The number of piperazine rings is 1. The number of benzene rings is 1. The van der Waals surface area contributed by atoms with Crippen LogP contribution in [0.2, 0.25) is 0 Å². The molecule has 0 radical (unpaired) electrons. The Bertz CT molecular complexity index is 1100. The predicted octanol–water partition coefficient (Wildman–Crippen LogP) is 2.36. The Kier molecular flexibility index (Phi) is 8.08. The highest BCUT2D eigenvalue weighted by Gasteiger charge is 2.32. The molecule has 2 aliphatic rings. The molecule has 0 unspecified atom stereocenters. The molecule has 0 atom stereocenters. The van der Waals surface area contributed by atoms with Gasteiger partial charge in [0.1, 0.15) is 11.4 Å². The Morgan fingerprint density at radius 1 is 1.03 bits per heavy atom. The Hall–Kier alpha value is -4.35. The van der Waals surface area contributed by atoms with E-state index in [1.54, 1.807) is 24.0 Å². The Morgan fingerprint density at radius 2 is 1.71 bits per heavy atom. The molecular weight excluding hydrogens is 460 g/mol. The minimum absolute atomic E-state index is 0.0575. The monoisotopic (exact) mass is 486 g/mol. The molecule has 0 N–H and O–H groups in total. The number of nitro groups is 1. The Morgan fingerprint density at radius 3 is 2.31 bits per heavy atom. The van der Waals surface area contributed by atoms with E-state index in [9.17, 15) is 24.5 Å². The molecule has 2 heterocycles. The van der Waals surface area contributed by atoms with E-state index in [0.717, 1.165) is 7.11 Å². The highest BCUT2D eigenvalue weighted by Crippen LogP contribution is 2.37. The van der Waals surface area contributed by atoms with E-state index in [0.29, 0.717) is 31.9 Å². The SMILES string of the molecule is CCOC(=O)N1CCN(c2ccc([N+](=O)[O-])c(N3C=CC=CC(C(=O)OC)=C3C(=O)OC)c2)CC1. The largest absolute Gasteiger partial charge is 0.465 e. The van der Waals surface area contributed by atoms with Crippen molar-refractivity contribution in [2.24, 2.45) is 0 Å². The first kappa shape index (κ1) is 25.3. The first-order valence-electron chi connectivity index (χ1n) is 10.8. The molecule has 2 aliphatic heterocycles. The molecule has 1 aromatic carbocycles. The van der Waals surface area contributed by atoms with E-state index in [1.165, 1.54) is 42.5 Å². The lowest BCUT2D eigenvalue weighted by molar-refractivity contribution is -0.384. The van der Waals surface area contributed by atoms with Crippen LogP contribution in [0.15, 0.2) is 53.9 Å². The van der Waals surface area contributed by atoms with Gasteiger partial charge >= 0.3 is 18.0 Å². The number of amides is 1. The highest BCUT2D eigenvalue weighted by atomic mass is 16.6. The minimum atomic E-state index is -0.871. The molecule has 12 nitrogen and oxygen atoms in total. The number of methoxy groups -OCH3 is 2. The van der Waals surface area contributed by atoms with Crippen molar-refractivity contribution in [2.45, 2.75) is 6.92 Å². The highest BCUT2D eigenvalue weighted by molar-refractivity contribution is 6.06. The molecule has 1 fully saturated rings. The smallest absolute Gasteiger partial charge is 0.409 e. The zero-order valence-corrected chi connectivity index (χ0v) is 19.6. The molecular formula is C23H26N4O8. The standard InChI is InChI=1S/C23H26N4O8/c1-4-35-23(30)25-13-11-24(12-14-25)16-8-9-18(27(31)32)19(15-16)26-10-6-5-7-17(21(28)33-2)20(26)22(29)34-3/h5-10,15H,4,11-14H2,1-3H3. The van der Waals surface area contributed by atoms with Crippen LogP contribution in [0.3, 0.4) is 0 Å². The van der Waals surface area contributed by atoms with Crippen LogP contribution in [0.4, 0.5) is 21.9 Å². The van der Waals surface area contributed by atoms with E-state index in [4.69, 9.17) is 14.2 Å². The summed E-state index contributed by atoms with van der Waals surface area (Å²) in [5.74, 6) is -1.67. The van der Waals surface area contributed by atoms with Crippen LogP contribution in [0.5, 0.6) is 0 Å². The number of nitro benzene ring substituents is 1. The first-order chi connectivity index (χ1) is 16.8. The molecule has 0 saturated carbocycles. The summed E-state index contributed by atoms with van der Waals surface area (Å²) in [4.78, 5) is 53.2. The van der Waals surface area contributed by atoms with Crippen molar-refractivity contribution < 1.29 is 33.5 Å². The predicted molar refractivity (Wildman–Crippen MR) is 126 cm³/mol. The zero-order chi connectivity index (χ0) is 25.5. The van der Waals surface area contributed by atoms with Crippen molar-refractivity contribution in [3.05, 3.63) is 64.0 Å². The fraction of sp³-hybridized carbons (Fsp3) is 0.348. The van der Waals surface area contributed by atoms with E-state index < -0.39 is 16.9 Å². The van der Waals surface area contributed by atoms with E-state index in [2.05, 4.69) is 0 Å². The lowest BCUT2D eigenvalue weighted by atomic mass is 10.1. The summed E-state index contributed by atoms with van der Waals surface area (Å²) in [5.41, 5.74) is 0.0746. The van der Waals surface area contributed by atoms with Crippen LogP contribution in [0.25, 0.3) is 0 Å². The number of allylic oxidation sites excluding steroid dienone is 2. The van der Waals surface area contributed by atoms with Crippen molar-refractivity contribution in [1.29, 1.82) is 0 Å². The van der Waals surface area contributed by atoms with Crippen molar-refractivity contribution in [3.8, 4) is 0 Å². The number of rotatable bonds is 6. The van der Waals surface area contributed by atoms with Crippen LogP contribution >= 0.6 is 0 Å². The maximum atomic E-state index is 12.7. The van der Waals surface area contributed by atoms with Gasteiger partial charge in [-0.05, 0) is 31.2 Å². The summed E-state index contributed by atoms with van der Waals surface area (Å²) in [6.07, 6.45) is 5.47. The topological polar surface area (TPSA) is 132 Å². The average Bonchev–Trinajstić information content (AvgIpc) is 3.10. The van der Waals surface area contributed by atoms with Crippen molar-refractivity contribution in [1.82, 2.24) is 4.90 Å². The number of hydrogen-bond acceptors (Lipinski definition) is 10. The van der Waals surface area contributed by atoms with Crippen LogP contribution in [0, 0.1) is 10.1 Å².